The molecule has 1 saturated carbocycles. The monoisotopic (exact) mass is 192 g/mol. The van der Waals surface area contributed by atoms with Crippen molar-refractivity contribution in [2.24, 2.45) is 0 Å². The molecule has 0 bridgehead atoms. The van der Waals surface area contributed by atoms with E-state index in [0.717, 1.165) is 6.42 Å². The lowest BCUT2D eigenvalue weighted by Gasteiger charge is -2.27. The van der Waals surface area contributed by atoms with Gasteiger partial charge < -0.3 is 5.11 Å². The molecule has 2 unspecified atom stereocenters. The second-order valence-electron chi connectivity index (χ2n) is 3.67. The highest BCUT2D eigenvalue weighted by atomic mass is 32.2. The molecular formula is C8H16O3S. The van der Waals surface area contributed by atoms with Crippen LogP contribution >= 0.6 is 0 Å². The summed E-state index contributed by atoms with van der Waals surface area (Å²) in [6.45, 7) is 1.84. The van der Waals surface area contributed by atoms with Gasteiger partial charge in [-0.05, 0) is 25.7 Å². The van der Waals surface area contributed by atoms with Gasteiger partial charge in [0.25, 0.3) is 0 Å². The fraction of sp³-hybridized carbons (Fsp3) is 1.00. The third-order valence-electron chi connectivity index (χ3n) is 2.80. The van der Waals surface area contributed by atoms with Gasteiger partial charge in [-0.3, -0.25) is 0 Å². The fourth-order valence-corrected chi connectivity index (χ4v) is 3.72. The summed E-state index contributed by atoms with van der Waals surface area (Å²) in [5.74, 6) is 0. The lowest BCUT2D eigenvalue weighted by Crippen LogP contribution is -2.41. The van der Waals surface area contributed by atoms with Crippen LogP contribution in [0.15, 0.2) is 0 Å². The highest BCUT2D eigenvalue weighted by Crippen LogP contribution is 2.36. The summed E-state index contributed by atoms with van der Waals surface area (Å²) >= 11 is 0. The molecule has 0 spiro atoms. The molecule has 3 nitrogen and oxygen atoms in total. The summed E-state index contributed by atoms with van der Waals surface area (Å²) in [5, 5.41) is 9.38. The van der Waals surface area contributed by atoms with Gasteiger partial charge in [0, 0.05) is 6.26 Å². The van der Waals surface area contributed by atoms with Gasteiger partial charge in [0.05, 0.1) is 10.9 Å². The van der Waals surface area contributed by atoms with E-state index in [4.69, 9.17) is 0 Å². The van der Waals surface area contributed by atoms with Crippen LogP contribution in [-0.4, -0.2) is 30.6 Å². The van der Waals surface area contributed by atoms with Crippen molar-refractivity contribution in [2.45, 2.75) is 43.5 Å². The molecule has 0 saturated heterocycles. The molecule has 0 aromatic heterocycles. The van der Waals surface area contributed by atoms with Crippen LogP contribution < -0.4 is 0 Å². The largest absolute Gasteiger partial charge is 0.389 e. The predicted octanol–water partition coefficient (Wildman–Crippen LogP) is 0.725. The molecule has 0 aromatic rings. The maximum absolute atomic E-state index is 11.2. The summed E-state index contributed by atoms with van der Waals surface area (Å²) in [6, 6.07) is 0. The van der Waals surface area contributed by atoms with E-state index in [-0.39, 0.29) is 0 Å². The molecule has 0 radical (unpaired) electrons. The summed E-state index contributed by atoms with van der Waals surface area (Å²) in [5.41, 5.74) is -0.951. The minimum atomic E-state index is -3.07. The van der Waals surface area contributed by atoms with E-state index in [1.165, 1.54) is 6.26 Å². The Morgan fingerprint density at radius 3 is 2.50 bits per heavy atom. The Labute approximate surface area is 73.7 Å². The third-order valence-corrected chi connectivity index (χ3v) is 4.51. The normalized spacial score (nSPS) is 37.1. The van der Waals surface area contributed by atoms with Crippen LogP contribution in [0.5, 0.6) is 0 Å². The summed E-state index contributed by atoms with van der Waals surface area (Å²) in [7, 11) is -3.07. The zero-order chi connectivity index (χ0) is 9.41. The van der Waals surface area contributed by atoms with Gasteiger partial charge in [-0.2, -0.15) is 0 Å². The van der Waals surface area contributed by atoms with Crippen molar-refractivity contribution in [2.75, 3.05) is 6.26 Å². The van der Waals surface area contributed by atoms with Crippen LogP contribution in [0.1, 0.15) is 32.6 Å². The van der Waals surface area contributed by atoms with E-state index in [0.29, 0.717) is 19.3 Å². The zero-order valence-electron chi connectivity index (χ0n) is 7.58. The molecule has 1 aliphatic carbocycles. The number of aliphatic hydroxyl groups is 1. The van der Waals surface area contributed by atoms with Crippen molar-refractivity contribution in [3.05, 3.63) is 0 Å². The van der Waals surface area contributed by atoms with Crippen LogP contribution in [0.4, 0.5) is 0 Å². The van der Waals surface area contributed by atoms with Crippen molar-refractivity contribution < 1.29 is 13.5 Å². The molecule has 1 N–H and O–H groups in total. The average molecular weight is 192 g/mol. The first kappa shape index (κ1) is 9.99. The number of hydrogen-bond acceptors (Lipinski definition) is 3. The Morgan fingerprint density at radius 2 is 2.17 bits per heavy atom. The number of hydrogen-bond donors (Lipinski definition) is 1. The van der Waals surface area contributed by atoms with Crippen molar-refractivity contribution in [3.8, 4) is 0 Å². The smallest absolute Gasteiger partial charge is 0.153 e. The summed E-state index contributed by atoms with van der Waals surface area (Å²) < 4.78 is 22.5. The van der Waals surface area contributed by atoms with Gasteiger partial charge in [0.15, 0.2) is 9.84 Å². The first-order valence-corrected chi connectivity index (χ1v) is 6.27. The van der Waals surface area contributed by atoms with Crippen LogP contribution in [0, 0.1) is 0 Å². The minimum absolute atomic E-state index is 0.532. The molecule has 1 aliphatic rings. The minimum Gasteiger partial charge on any atom is -0.389 e. The molecule has 2 atom stereocenters. The van der Waals surface area contributed by atoms with E-state index < -0.39 is 20.7 Å². The highest BCUT2D eigenvalue weighted by molar-refractivity contribution is 7.91. The highest BCUT2D eigenvalue weighted by Gasteiger charge is 2.45. The molecule has 1 fully saturated rings. The Hall–Kier alpha value is -0.0900. The van der Waals surface area contributed by atoms with Crippen LogP contribution in [-0.2, 0) is 9.84 Å². The molecule has 0 aromatic carbocycles. The first-order valence-electron chi connectivity index (χ1n) is 4.31. The lowest BCUT2D eigenvalue weighted by molar-refractivity contribution is 0.0470. The second-order valence-corrected chi connectivity index (χ2v) is 5.90. The number of sulfone groups is 1. The summed E-state index contributed by atoms with van der Waals surface area (Å²) in [6.07, 6.45) is 3.81. The average Bonchev–Trinajstić information content (AvgIpc) is 2.31. The molecule has 72 valence electrons. The maximum atomic E-state index is 11.2. The molecule has 4 heteroatoms. The van der Waals surface area contributed by atoms with Gasteiger partial charge >= 0.3 is 0 Å². The van der Waals surface area contributed by atoms with Gasteiger partial charge in [-0.1, -0.05) is 6.92 Å². The quantitative estimate of drug-likeness (QED) is 0.701. The molecule has 0 amide bonds. The van der Waals surface area contributed by atoms with E-state index in [1.807, 2.05) is 6.92 Å². The van der Waals surface area contributed by atoms with E-state index in [2.05, 4.69) is 0 Å². The standard InChI is InChI=1S/C8H16O3S/c1-3-8(9)6-4-5-7(8)12(2,10)11/h7,9H,3-6H2,1-2H3. The Balaban J connectivity index is 2.92. The van der Waals surface area contributed by atoms with Gasteiger partial charge in [0.1, 0.15) is 0 Å². The first-order chi connectivity index (χ1) is 5.40. The molecule has 0 heterocycles. The molecule has 1 rings (SSSR count). The Kier molecular flexibility index (Phi) is 2.50. The molecular weight excluding hydrogens is 176 g/mol. The molecule has 12 heavy (non-hydrogen) atoms. The van der Waals surface area contributed by atoms with E-state index in [9.17, 15) is 13.5 Å². The zero-order valence-corrected chi connectivity index (χ0v) is 8.39. The van der Waals surface area contributed by atoms with Crippen molar-refractivity contribution in [3.63, 3.8) is 0 Å². The van der Waals surface area contributed by atoms with Crippen LogP contribution in [0.2, 0.25) is 0 Å². The van der Waals surface area contributed by atoms with Crippen LogP contribution in [0.25, 0.3) is 0 Å². The second kappa shape index (κ2) is 3.00. The van der Waals surface area contributed by atoms with Gasteiger partial charge in [-0.15, -0.1) is 0 Å². The lowest BCUT2D eigenvalue weighted by atomic mass is 9.99. The van der Waals surface area contributed by atoms with E-state index in [1.54, 1.807) is 0 Å². The number of rotatable bonds is 2. The van der Waals surface area contributed by atoms with Gasteiger partial charge in [0.2, 0.25) is 0 Å². The van der Waals surface area contributed by atoms with Gasteiger partial charge in [-0.25, -0.2) is 8.42 Å². The van der Waals surface area contributed by atoms with Crippen molar-refractivity contribution >= 4 is 9.84 Å². The van der Waals surface area contributed by atoms with Crippen LogP contribution in [0.3, 0.4) is 0 Å². The summed E-state index contributed by atoms with van der Waals surface area (Å²) in [4.78, 5) is 0. The SMILES string of the molecule is CCC1(O)CCCC1S(C)(=O)=O. The van der Waals surface area contributed by atoms with Crippen molar-refractivity contribution in [1.29, 1.82) is 0 Å². The maximum Gasteiger partial charge on any atom is 0.153 e. The van der Waals surface area contributed by atoms with Crippen molar-refractivity contribution in [1.82, 2.24) is 0 Å². The Bertz CT molecular complexity index is 257. The Morgan fingerprint density at radius 1 is 1.58 bits per heavy atom. The fourth-order valence-electron chi connectivity index (χ4n) is 2.04. The van der Waals surface area contributed by atoms with E-state index >= 15 is 0 Å². The molecule has 0 aliphatic heterocycles. The predicted molar refractivity (Wildman–Crippen MR) is 47.7 cm³/mol. The third kappa shape index (κ3) is 1.64. The topological polar surface area (TPSA) is 54.4 Å².